The molecule has 2 N–H and O–H groups in total. The zero-order valence-electron chi connectivity index (χ0n) is 11.4. The number of hydrogen-bond donors (Lipinski definition) is 2. The number of nitro groups is 1. The number of ether oxygens (including phenoxy) is 2. The van der Waals surface area contributed by atoms with E-state index in [4.69, 9.17) is 9.84 Å². The maximum absolute atomic E-state index is 12.1. The van der Waals surface area contributed by atoms with Gasteiger partial charge in [-0.05, 0) is 6.07 Å². The molecule has 0 saturated heterocycles. The number of nitrogens with zero attached hydrogens (tertiary/aromatic N) is 1. The number of nitro benzene ring substituents is 1. The van der Waals surface area contributed by atoms with Crippen LogP contribution < -0.4 is 10.1 Å². The highest BCUT2D eigenvalue weighted by molar-refractivity contribution is 5.99. The third-order valence-corrected chi connectivity index (χ3v) is 2.58. The second-order valence-electron chi connectivity index (χ2n) is 3.96. The summed E-state index contributed by atoms with van der Waals surface area (Å²) in [6.07, 6.45) is 0. The van der Waals surface area contributed by atoms with Gasteiger partial charge < -0.3 is 19.9 Å². The maximum Gasteiger partial charge on any atom is 0.328 e. The molecule has 0 fully saturated rings. The lowest BCUT2D eigenvalue weighted by molar-refractivity contribution is -0.384. The highest BCUT2D eigenvalue weighted by atomic mass is 16.6. The van der Waals surface area contributed by atoms with Gasteiger partial charge in [0.1, 0.15) is 5.75 Å². The Labute approximate surface area is 119 Å². The Kier molecular flexibility index (Phi) is 5.61. The van der Waals surface area contributed by atoms with E-state index < -0.39 is 22.8 Å². The monoisotopic (exact) mass is 298 g/mol. The molecule has 0 bridgehead atoms. The molecule has 0 saturated carbocycles. The zero-order valence-corrected chi connectivity index (χ0v) is 11.4. The van der Waals surface area contributed by atoms with Gasteiger partial charge in [-0.1, -0.05) is 0 Å². The summed E-state index contributed by atoms with van der Waals surface area (Å²) in [4.78, 5) is 33.1. The van der Waals surface area contributed by atoms with Crippen molar-refractivity contribution >= 4 is 17.6 Å². The lowest BCUT2D eigenvalue weighted by Gasteiger charge is -2.14. The van der Waals surface area contributed by atoms with E-state index in [9.17, 15) is 19.7 Å². The molecule has 1 amide bonds. The van der Waals surface area contributed by atoms with E-state index in [0.29, 0.717) is 0 Å². The summed E-state index contributed by atoms with van der Waals surface area (Å²) in [5, 5.41) is 21.9. The molecule has 0 heterocycles. The fourth-order valence-electron chi connectivity index (χ4n) is 1.56. The Balaban J connectivity index is 3.07. The minimum Gasteiger partial charge on any atom is -0.496 e. The molecule has 21 heavy (non-hydrogen) atoms. The van der Waals surface area contributed by atoms with Crippen molar-refractivity contribution in [3.8, 4) is 5.75 Å². The number of aliphatic carboxylic acids is 1. The fourth-order valence-corrected chi connectivity index (χ4v) is 1.56. The molecule has 0 aliphatic carbocycles. The number of nitrogens with one attached hydrogen (secondary N) is 1. The van der Waals surface area contributed by atoms with Gasteiger partial charge >= 0.3 is 5.97 Å². The van der Waals surface area contributed by atoms with Gasteiger partial charge in [0.2, 0.25) is 0 Å². The number of non-ortho nitro benzene ring substituents is 1. The van der Waals surface area contributed by atoms with Crippen LogP contribution in [-0.4, -0.2) is 48.8 Å². The first-order valence-corrected chi connectivity index (χ1v) is 5.75. The van der Waals surface area contributed by atoms with Crippen molar-refractivity contribution in [2.24, 2.45) is 0 Å². The van der Waals surface area contributed by atoms with Crippen LogP contribution in [0.1, 0.15) is 10.4 Å². The highest BCUT2D eigenvalue weighted by Crippen LogP contribution is 2.23. The summed E-state index contributed by atoms with van der Waals surface area (Å²) in [6.45, 7) is -0.238. The van der Waals surface area contributed by atoms with Crippen LogP contribution in [0.15, 0.2) is 18.2 Å². The van der Waals surface area contributed by atoms with Crippen LogP contribution in [-0.2, 0) is 9.53 Å². The number of amides is 1. The normalized spacial score (nSPS) is 11.5. The van der Waals surface area contributed by atoms with Crippen molar-refractivity contribution in [2.45, 2.75) is 6.04 Å². The van der Waals surface area contributed by atoms with Crippen LogP contribution >= 0.6 is 0 Å². The molecule has 1 unspecified atom stereocenters. The van der Waals surface area contributed by atoms with Gasteiger partial charge in [-0.3, -0.25) is 14.9 Å². The quantitative estimate of drug-likeness (QED) is 0.551. The summed E-state index contributed by atoms with van der Waals surface area (Å²) in [5.74, 6) is -1.99. The molecule has 1 rings (SSSR count). The largest absolute Gasteiger partial charge is 0.496 e. The first kappa shape index (κ1) is 16.4. The van der Waals surface area contributed by atoms with Crippen molar-refractivity contribution in [1.82, 2.24) is 5.32 Å². The Hall–Kier alpha value is -2.68. The van der Waals surface area contributed by atoms with E-state index in [-0.39, 0.29) is 23.6 Å². The molecular weight excluding hydrogens is 284 g/mol. The molecule has 0 aliphatic heterocycles. The summed E-state index contributed by atoms with van der Waals surface area (Å²) >= 11 is 0. The predicted octanol–water partition coefficient (Wildman–Crippen LogP) is 0.433. The standard InChI is InChI=1S/C12H14N2O7/c1-20-6-9(12(16)17)13-11(15)8-5-7(14(18)19)3-4-10(8)21-2/h3-5,9H,6H2,1-2H3,(H,13,15)(H,16,17). The Morgan fingerprint density at radius 1 is 1.43 bits per heavy atom. The molecule has 0 aromatic heterocycles. The molecule has 1 aromatic carbocycles. The first-order chi connectivity index (χ1) is 9.90. The number of hydrogen-bond acceptors (Lipinski definition) is 6. The number of carboxylic acid groups (broad SMARTS) is 1. The zero-order chi connectivity index (χ0) is 16.0. The van der Waals surface area contributed by atoms with E-state index in [1.807, 2.05) is 0 Å². The van der Waals surface area contributed by atoms with E-state index >= 15 is 0 Å². The van der Waals surface area contributed by atoms with Crippen molar-refractivity contribution in [3.63, 3.8) is 0 Å². The van der Waals surface area contributed by atoms with Gasteiger partial charge in [-0.2, -0.15) is 0 Å². The molecule has 9 heteroatoms. The summed E-state index contributed by atoms with van der Waals surface area (Å²) in [5.41, 5.74) is -0.436. The molecule has 1 atom stereocenters. The summed E-state index contributed by atoms with van der Waals surface area (Å²) < 4.78 is 9.63. The number of carbonyl (C=O) groups is 2. The van der Waals surface area contributed by atoms with E-state index in [1.165, 1.54) is 26.4 Å². The van der Waals surface area contributed by atoms with E-state index in [2.05, 4.69) is 10.1 Å². The van der Waals surface area contributed by atoms with Crippen molar-refractivity contribution < 1.29 is 29.1 Å². The van der Waals surface area contributed by atoms with Crippen molar-refractivity contribution in [2.75, 3.05) is 20.8 Å². The Bertz CT molecular complexity index is 559. The van der Waals surface area contributed by atoms with Gasteiger partial charge in [-0.25, -0.2) is 4.79 Å². The van der Waals surface area contributed by atoms with Crippen LogP contribution in [0.25, 0.3) is 0 Å². The van der Waals surface area contributed by atoms with Gasteiger partial charge in [0, 0.05) is 19.2 Å². The lowest BCUT2D eigenvalue weighted by atomic mass is 10.1. The highest BCUT2D eigenvalue weighted by Gasteiger charge is 2.24. The molecular formula is C12H14N2O7. The smallest absolute Gasteiger partial charge is 0.328 e. The fraction of sp³-hybridized carbons (Fsp3) is 0.333. The SMILES string of the molecule is COCC(NC(=O)c1cc([N+](=O)[O-])ccc1OC)C(=O)O. The molecule has 0 aliphatic rings. The lowest BCUT2D eigenvalue weighted by Crippen LogP contribution is -2.43. The molecule has 1 aromatic rings. The third-order valence-electron chi connectivity index (χ3n) is 2.58. The number of benzene rings is 1. The maximum atomic E-state index is 12.1. The average Bonchev–Trinajstić information content (AvgIpc) is 2.45. The molecule has 0 spiro atoms. The summed E-state index contributed by atoms with van der Waals surface area (Å²) in [6, 6.07) is 2.19. The van der Waals surface area contributed by atoms with Gasteiger partial charge in [0.15, 0.2) is 6.04 Å². The second kappa shape index (κ2) is 7.20. The van der Waals surface area contributed by atoms with Crippen LogP contribution in [0.3, 0.4) is 0 Å². The number of carbonyl (C=O) groups excluding carboxylic acids is 1. The molecule has 114 valence electrons. The average molecular weight is 298 g/mol. The summed E-state index contributed by atoms with van der Waals surface area (Å²) in [7, 11) is 2.58. The molecule has 0 radical (unpaired) electrons. The van der Waals surface area contributed by atoms with Crippen LogP contribution in [0.2, 0.25) is 0 Å². The Morgan fingerprint density at radius 3 is 2.57 bits per heavy atom. The van der Waals surface area contributed by atoms with Crippen LogP contribution in [0.5, 0.6) is 5.75 Å². The van der Waals surface area contributed by atoms with Gasteiger partial charge in [-0.15, -0.1) is 0 Å². The van der Waals surface area contributed by atoms with E-state index in [0.717, 1.165) is 6.07 Å². The Morgan fingerprint density at radius 2 is 2.10 bits per heavy atom. The number of methoxy groups -OCH3 is 2. The minimum absolute atomic E-state index is 0.0969. The van der Waals surface area contributed by atoms with Gasteiger partial charge in [0.25, 0.3) is 11.6 Å². The first-order valence-electron chi connectivity index (χ1n) is 5.75. The third kappa shape index (κ3) is 4.14. The predicted molar refractivity (Wildman–Crippen MR) is 70.4 cm³/mol. The molecule has 9 nitrogen and oxygen atoms in total. The van der Waals surface area contributed by atoms with Crippen LogP contribution in [0.4, 0.5) is 5.69 Å². The van der Waals surface area contributed by atoms with Crippen LogP contribution in [0, 0.1) is 10.1 Å². The van der Waals surface area contributed by atoms with Gasteiger partial charge in [0.05, 0.1) is 24.2 Å². The number of carboxylic acids is 1. The second-order valence-corrected chi connectivity index (χ2v) is 3.96. The van der Waals surface area contributed by atoms with Crippen molar-refractivity contribution in [3.05, 3.63) is 33.9 Å². The minimum atomic E-state index is -1.28. The topological polar surface area (TPSA) is 128 Å². The van der Waals surface area contributed by atoms with E-state index in [1.54, 1.807) is 0 Å². The number of rotatable bonds is 7. The van der Waals surface area contributed by atoms with Crippen molar-refractivity contribution in [1.29, 1.82) is 0 Å².